The third kappa shape index (κ3) is 4.23. The Labute approximate surface area is 186 Å². The molecule has 2 aromatic rings. The molecule has 1 aliphatic heterocycles. The second-order valence-electron chi connectivity index (χ2n) is 8.98. The Kier molecular flexibility index (Phi) is 6.48. The van der Waals surface area contributed by atoms with Gasteiger partial charge in [-0.05, 0) is 49.3 Å². The summed E-state index contributed by atoms with van der Waals surface area (Å²) in [6.45, 7) is 2.84. The minimum Gasteiger partial charge on any atom is -0.501 e. The van der Waals surface area contributed by atoms with Gasteiger partial charge in [0.2, 0.25) is 5.75 Å². The lowest BCUT2D eigenvalue weighted by Crippen LogP contribution is -2.51. The van der Waals surface area contributed by atoms with Crippen molar-refractivity contribution in [1.29, 1.82) is 0 Å². The van der Waals surface area contributed by atoms with Crippen LogP contribution in [0.3, 0.4) is 0 Å². The molecule has 1 fully saturated rings. The van der Waals surface area contributed by atoms with Crippen LogP contribution in [0.5, 0.6) is 5.75 Å². The molecule has 2 heterocycles. The van der Waals surface area contributed by atoms with E-state index in [0.29, 0.717) is 5.92 Å². The van der Waals surface area contributed by atoms with Gasteiger partial charge in [-0.3, -0.25) is 18.7 Å². The molecule has 1 saturated carbocycles. The lowest BCUT2D eigenvalue weighted by atomic mass is 9.83. The minimum absolute atomic E-state index is 0.195. The fourth-order valence-corrected chi connectivity index (χ4v) is 5.02. The Bertz CT molecular complexity index is 1100. The van der Waals surface area contributed by atoms with Gasteiger partial charge in [0.15, 0.2) is 5.69 Å². The summed E-state index contributed by atoms with van der Waals surface area (Å²) in [5, 5.41) is 10.6. The van der Waals surface area contributed by atoms with Gasteiger partial charge in [-0.1, -0.05) is 38.3 Å². The maximum atomic E-state index is 13.2. The van der Waals surface area contributed by atoms with Crippen LogP contribution in [0.1, 0.15) is 74.0 Å². The van der Waals surface area contributed by atoms with E-state index in [1.807, 2.05) is 0 Å². The number of hydrogen-bond acceptors (Lipinski definition) is 4. The third-order valence-corrected chi connectivity index (χ3v) is 6.87. The van der Waals surface area contributed by atoms with Crippen LogP contribution in [-0.2, 0) is 13.1 Å². The van der Waals surface area contributed by atoms with Crippen molar-refractivity contribution >= 4 is 5.91 Å². The monoisotopic (exact) mass is 443 g/mol. The maximum absolute atomic E-state index is 13.2. The number of unbranched alkanes of at least 4 members (excludes halogenated alkanes) is 1. The molecule has 1 aromatic carbocycles. The van der Waals surface area contributed by atoms with Crippen LogP contribution in [0.25, 0.3) is 0 Å². The van der Waals surface area contributed by atoms with Crippen molar-refractivity contribution in [2.24, 2.45) is 5.92 Å². The number of carbonyl (C=O) groups is 1. The first-order valence-electron chi connectivity index (χ1n) is 11.5. The van der Waals surface area contributed by atoms with E-state index < -0.39 is 22.9 Å². The number of carbonyl (C=O) groups excluding carboxylic acids is 1. The number of aromatic nitrogens is 2. The van der Waals surface area contributed by atoms with Crippen molar-refractivity contribution in [3.63, 3.8) is 0 Å². The molecule has 1 N–H and O–H groups in total. The molecular weight excluding hydrogens is 413 g/mol. The molecule has 8 heteroatoms. The van der Waals surface area contributed by atoms with Gasteiger partial charge in [0.1, 0.15) is 5.82 Å². The highest BCUT2D eigenvalue weighted by Gasteiger charge is 2.34. The number of aromatic hydroxyl groups is 1. The van der Waals surface area contributed by atoms with Crippen molar-refractivity contribution < 1.29 is 14.3 Å². The van der Waals surface area contributed by atoms with Crippen molar-refractivity contribution in [2.45, 2.75) is 71.0 Å². The van der Waals surface area contributed by atoms with E-state index in [9.17, 15) is 23.9 Å². The van der Waals surface area contributed by atoms with Crippen LogP contribution in [0.4, 0.5) is 4.39 Å². The van der Waals surface area contributed by atoms with Gasteiger partial charge in [0.05, 0.1) is 0 Å². The minimum atomic E-state index is -0.782. The van der Waals surface area contributed by atoms with E-state index in [-0.39, 0.29) is 37.2 Å². The first-order chi connectivity index (χ1) is 15.4. The van der Waals surface area contributed by atoms with E-state index in [1.165, 1.54) is 34.4 Å². The summed E-state index contributed by atoms with van der Waals surface area (Å²) in [5.41, 5.74) is -0.825. The van der Waals surface area contributed by atoms with E-state index in [0.717, 1.165) is 42.2 Å². The summed E-state index contributed by atoms with van der Waals surface area (Å²) in [5.74, 6) is -0.972. The summed E-state index contributed by atoms with van der Waals surface area (Å²) in [6, 6.07) is 5.55. The molecule has 0 spiro atoms. The summed E-state index contributed by atoms with van der Waals surface area (Å²) < 4.78 is 15.6. The van der Waals surface area contributed by atoms with Crippen LogP contribution in [0.15, 0.2) is 33.9 Å². The average molecular weight is 444 g/mol. The number of fused-ring (bicyclic) bond motifs is 1. The predicted molar refractivity (Wildman–Crippen MR) is 118 cm³/mol. The molecule has 0 radical (unpaired) electrons. The van der Waals surface area contributed by atoms with Crippen molar-refractivity contribution in [2.75, 3.05) is 6.54 Å². The Morgan fingerprint density at radius 2 is 1.72 bits per heavy atom. The van der Waals surface area contributed by atoms with Gasteiger partial charge in [-0.25, -0.2) is 9.18 Å². The van der Waals surface area contributed by atoms with E-state index >= 15 is 0 Å². The zero-order chi connectivity index (χ0) is 22.8. The summed E-state index contributed by atoms with van der Waals surface area (Å²) in [4.78, 5) is 40.6. The number of amides is 1. The van der Waals surface area contributed by atoms with Gasteiger partial charge in [0.25, 0.3) is 11.5 Å². The molecule has 0 saturated heterocycles. The molecule has 1 aromatic heterocycles. The Balaban J connectivity index is 1.58. The molecule has 32 heavy (non-hydrogen) atoms. The van der Waals surface area contributed by atoms with Gasteiger partial charge >= 0.3 is 5.69 Å². The molecule has 0 bridgehead atoms. The molecule has 4 rings (SSSR count). The van der Waals surface area contributed by atoms with Gasteiger partial charge in [0, 0.05) is 25.7 Å². The highest BCUT2D eigenvalue weighted by Crippen LogP contribution is 2.34. The van der Waals surface area contributed by atoms with Gasteiger partial charge in [-0.2, -0.15) is 0 Å². The Hall–Kier alpha value is -2.90. The van der Waals surface area contributed by atoms with E-state index in [1.54, 1.807) is 12.1 Å². The summed E-state index contributed by atoms with van der Waals surface area (Å²) >= 11 is 0. The lowest BCUT2D eigenvalue weighted by molar-refractivity contribution is 0.0675. The lowest BCUT2D eigenvalue weighted by Gasteiger charge is -2.33. The molecule has 1 amide bonds. The number of hydrogen-bond donors (Lipinski definition) is 1. The van der Waals surface area contributed by atoms with Crippen LogP contribution < -0.4 is 11.2 Å². The predicted octanol–water partition coefficient (Wildman–Crippen LogP) is 3.43. The van der Waals surface area contributed by atoms with Crippen molar-refractivity contribution in [1.82, 2.24) is 14.0 Å². The summed E-state index contributed by atoms with van der Waals surface area (Å²) in [7, 11) is 0. The highest BCUT2D eigenvalue weighted by molar-refractivity contribution is 5.95. The normalized spacial score (nSPS) is 20.9. The fraction of sp³-hybridized carbons (Fsp3) is 0.542. The molecule has 0 atom stereocenters. The first-order valence-corrected chi connectivity index (χ1v) is 11.5. The fourth-order valence-electron chi connectivity index (χ4n) is 5.02. The first kappa shape index (κ1) is 22.3. The van der Waals surface area contributed by atoms with Gasteiger partial charge < -0.3 is 10.0 Å². The third-order valence-electron chi connectivity index (χ3n) is 6.87. The number of benzene rings is 1. The topological polar surface area (TPSA) is 84.5 Å². The largest absolute Gasteiger partial charge is 0.501 e. The standard InChI is InChI=1S/C24H30FN3O4/c1-2-3-4-16-7-11-19(12-8-16)28-23(31)21(29)20-22(30)26(13-14-27(20)24(28)32)15-17-5-9-18(25)10-6-17/h5-6,9-10,16,19,29H,2-4,7-8,11-15H2,1H3. The quantitative estimate of drug-likeness (QED) is 0.741. The Morgan fingerprint density at radius 1 is 1.03 bits per heavy atom. The number of halogens is 1. The van der Waals surface area contributed by atoms with Crippen molar-refractivity contribution in [3.05, 3.63) is 62.2 Å². The zero-order valence-electron chi connectivity index (χ0n) is 18.4. The van der Waals surface area contributed by atoms with Crippen molar-refractivity contribution in [3.8, 4) is 5.75 Å². The smallest absolute Gasteiger partial charge is 0.332 e. The molecular formula is C24H30FN3O4. The molecule has 1 aliphatic carbocycles. The van der Waals surface area contributed by atoms with E-state index in [4.69, 9.17) is 0 Å². The molecule has 2 aliphatic rings. The van der Waals surface area contributed by atoms with Crippen LogP contribution in [0.2, 0.25) is 0 Å². The second-order valence-corrected chi connectivity index (χ2v) is 8.98. The summed E-state index contributed by atoms with van der Waals surface area (Å²) in [6.07, 6.45) is 6.90. The van der Waals surface area contributed by atoms with Gasteiger partial charge in [-0.15, -0.1) is 0 Å². The SMILES string of the molecule is CCCCC1CCC(n2c(=O)c(O)c3n(c2=O)CCN(Cc2ccc(F)cc2)C3=O)CC1. The second kappa shape index (κ2) is 9.30. The maximum Gasteiger partial charge on any atom is 0.332 e. The van der Waals surface area contributed by atoms with Crippen LogP contribution in [0, 0.1) is 11.7 Å². The Morgan fingerprint density at radius 3 is 2.38 bits per heavy atom. The molecule has 172 valence electrons. The van der Waals surface area contributed by atoms with Crippen LogP contribution in [-0.4, -0.2) is 31.6 Å². The molecule has 0 unspecified atom stereocenters. The highest BCUT2D eigenvalue weighted by atomic mass is 19.1. The number of rotatable bonds is 6. The van der Waals surface area contributed by atoms with Crippen LogP contribution >= 0.6 is 0 Å². The number of nitrogens with zero attached hydrogens (tertiary/aromatic N) is 3. The average Bonchev–Trinajstić information content (AvgIpc) is 2.80. The zero-order valence-corrected chi connectivity index (χ0v) is 18.4. The van der Waals surface area contributed by atoms with E-state index in [2.05, 4.69) is 6.92 Å². The molecule has 7 nitrogen and oxygen atoms in total.